The Morgan fingerprint density at radius 1 is 0.824 bits per heavy atom. The van der Waals surface area contributed by atoms with E-state index in [1.807, 2.05) is 0 Å². The van der Waals surface area contributed by atoms with Gasteiger partial charge < -0.3 is 28.4 Å². The monoisotopic (exact) mass is 508 g/mol. The molecule has 1 unspecified atom stereocenters. The summed E-state index contributed by atoms with van der Waals surface area (Å²) in [6.45, 7) is 9.89. The Hall–Kier alpha value is -3.39. The van der Waals surface area contributed by atoms with Crippen LogP contribution in [-0.2, 0) is 61.9 Å². The normalized spacial score (nSPS) is 11.3. The van der Waals surface area contributed by atoms with Gasteiger partial charge >= 0.3 is 23.9 Å². The van der Waals surface area contributed by atoms with Crippen molar-refractivity contribution in [2.24, 2.45) is 0 Å². The van der Waals surface area contributed by atoms with E-state index in [1.54, 1.807) is 0 Å². The van der Waals surface area contributed by atoms with Gasteiger partial charge in [-0.2, -0.15) is 8.42 Å². The third kappa shape index (κ3) is 15.4. The van der Waals surface area contributed by atoms with Crippen LogP contribution in [0.1, 0.15) is 13.3 Å². The second kappa shape index (κ2) is 17.1. The molecule has 0 N–H and O–H groups in total. The van der Waals surface area contributed by atoms with Crippen molar-refractivity contribution in [2.75, 3.05) is 45.4 Å². The minimum Gasteiger partial charge on any atom is -0.498 e. The highest BCUT2D eigenvalue weighted by Gasteiger charge is 2.30. The fourth-order valence-electron chi connectivity index (χ4n) is 1.83. The highest BCUT2D eigenvalue weighted by molar-refractivity contribution is 7.87. The molecule has 13 nitrogen and oxygen atoms in total. The van der Waals surface area contributed by atoms with Crippen LogP contribution in [0.4, 0.5) is 0 Å². The molecular weight excluding hydrogens is 480 g/mol. The van der Waals surface area contributed by atoms with Gasteiger partial charge in [0.1, 0.15) is 39.6 Å². The third-order valence-corrected chi connectivity index (χ3v) is 4.37. The number of rotatable bonds is 19. The van der Waals surface area contributed by atoms with Crippen molar-refractivity contribution in [3.05, 3.63) is 37.8 Å². The van der Waals surface area contributed by atoms with Crippen LogP contribution in [0.5, 0.6) is 0 Å². The minimum absolute atomic E-state index is 0.000292. The summed E-state index contributed by atoms with van der Waals surface area (Å²) in [5.41, 5.74) is 0.104. The zero-order chi connectivity index (χ0) is 26.0. The second-order valence-corrected chi connectivity index (χ2v) is 7.73. The van der Waals surface area contributed by atoms with Gasteiger partial charge in [0.05, 0.1) is 18.9 Å². The number of carbonyl (C=O) groups is 4. The molecule has 0 saturated carbocycles. The number of hydrogen-bond acceptors (Lipinski definition) is 13. The van der Waals surface area contributed by atoms with Crippen molar-refractivity contribution in [1.29, 1.82) is 0 Å². The number of hydrogen-bond donors (Lipinski definition) is 0. The zero-order valence-corrected chi connectivity index (χ0v) is 19.5. The summed E-state index contributed by atoms with van der Waals surface area (Å²) in [5.74, 6) is -5.50. The first-order valence-electron chi connectivity index (χ1n) is 9.68. The van der Waals surface area contributed by atoms with Gasteiger partial charge in [0.25, 0.3) is 10.1 Å². The van der Waals surface area contributed by atoms with E-state index in [0.29, 0.717) is 0 Å². The molecule has 0 bridgehead atoms. The molecule has 0 heterocycles. The molecule has 34 heavy (non-hydrogen) atoms. The molecular formula is C20H28O13S. The molecule has 0 aromatic heterocycles. The van der Waals surface area contributed by atoms with E-state index in [9.17, 15) is 27.6 Å². The van der Waals surface area contributed by atoms with Crippen molar-refractivity contribution in [2.45, 2.75) is 19.4 Å². The largest absolute Gasteiger partial charge is 0.498 e. The highest BCUT2D eigenvalue weighted by atomic mass is 32.2. The molecule has 1 atom stereocenters. The quantitative estimate of drug-likeness (QED) is 0.0578. The number of ether oxygens (including phenoxy) is 6. The van der Waals surface area contributed by atoms with Gasteiger partial charge in [-0.05, 0) is 6.92 Å². The first kappa shape index (κ1) is 30.6. The summed E-state index contributed by atoms with van der Waals surface area (Å²) < 4.78 is 57.0. The summed E-state index contributed by atoms with van der Waals surface area (Å²) in [6, 6.07) is 0. The fraction of sp³-hybridized carbons (Fsp3) is 0.500. The van der Waals surface area contributed by atoms with E-state index in [0.717, 1.165) is 12.5 Å². The lowest BCUT2D eigenvalue weighted by atomic mass is 10.2. The van der Waals surface area contributed by atoms with Crippen LogP contribution in [0, 0.1) is 0 Å². The first-order valence-corrected chi connectivity index (χ1v) is 11.3. The van der Waals surface area contributed by atoms with Crippen LogP contribution < -0.4 is 0 Å². The molecule has 192 valence electrons. The Kier molecular flexibility index (Phi) is 15.4. The summed E-state index contributed by atoms with van der Waals surface area (Å²) in [7, 11) is -4.46. The molecule has 14 heteroatoms. The van der Waals surface area contributed by atoms with Crippen LogP contribution in [0.3, 0.4) is 0 Å². The predicted octanol–water partition coefficient (Wildman–Crippen LogP) is 0.161. The topological polar surface area (TPSA) is 167 Å². The molecule has 0 radical (unpaired) electrons. The lowest BCUT2D eigenvalue weighted by Gasteiger charge is -2.16. The maximum atomic E-state index is 12.2. The number of carbonyl (C=O) groups excluding carboxylic acids is 4. The lowest BCUT2D eigenvalue weighted by molar-refractivity contribution is -0.171. The molecule has 0 aromatic rings. The van der Waals surface area contributed by atoms with Gasteiger partial charge in [-0.3, -0.25) is 13.8 Å². The van der Waals surface area contributed by atoms with Crippen molar-refractivity contribution in [3.63, 3.8) is 0 Å². The maximum absolute atomic E-state index is 12.2. The molecule has 0 fully saturated rings. The Labute approximate surface area is 197 Å². The Balaban J connectivity index is 4.86. The summed E-state index contributed by atoms with van der Waals surface area (Å²) in [6.07, 6.45) is -0.304. The van der Waals surface area contributed by atoms with Gasteiger partial charge in [-0.15, -0.1) is 0 Å². The van der Waals surface area contributed by atoms with Crippen molar-refractivity contribution in [1.82, 2.24) is 0 Å². The predicted molar refractivity (Wildman–Crippen MR) is 114 cm³/mol. The molecule has 0 saturated heterocycles. The molecule has 0 rings (SSSR count). The summed E-state index contributed by atoms with van der Waals surface area (Å²) in [4.78, 5) is 47.4. The molecule has 0 aliphatic heterocycles. The fourth-order valence-corrected chi connectivity index (χ4v) is 2.60. The van der Waals surface area contributed by atoms with Crippen LogP contribution in [0.25, 0.3) is 0 Å². The van der Waals surface area contributed by atoms with E-state index in [-0.39, 0.29) is 32.0 Å². The van der Waals surface area contributed by atoms with E-state index < -0.39 is 65.5 Å². The van der Waals surface area contributed by atoms with E-state index in [4.69, 9.17) is 23.7 Å². The molecule has 0 amide bonds. The Morgan fingerprint density at radius 3 is 1.94 bits per heavy atom. The molecule has 0 aromatic carbocycles. The lowest BCUT2D eigenvalue weighted by Crippen LogP contribution is -2.35. The zero-order valence-electron chi connectivity index (χ0n) is 18.7. The van der Waals surface area contributed by atoms with Crippen LogP contribution >= 0.6 is 0 Å². The van der Waals surface area contributed by atoms with Gasteiger partial charge in [0.15, 0.2) is 5.75 Å². The van der Waals surface area contributed by atoms with Gasteiger partial charge in [0, 0.05) is 5.57 Å². The average molecular weight is 508 g/mol. The van der Waals surface area contributed by atoms with Gasteiger partial charge in [-0.1, -0.05) is 19.7 Å². The number of esters is 4. The minimum atomic E-state index is -4.46. The molecule has 0 aliphatic rings. The van der Waals surface area contributed by atoms with Crippen molar-refractivity contribution in [3.8, 4) is 0 Å². The third-order valence-electron chi connectivity index (χ3n) is 3.26. The van der Waals surface area contributed by atoms with E-state index >= 15 is 0 Å². The van der Waals surface area contributed by atoms with E-state index in [2.05, 4.69) is 28.7 Å². The molecule has 0 aliphatic carbocycles. The van der Waals surface area contributed by atoms with Gasteiger partial charge in [-0.25, -0.2) is 9.59 Å². The van der Waals surface area contributed by atoms with Gasteiger partial charge in [0.2, 0.25) is 6.10 Å². The SMILES string of the molecule is C=COCCOC(=O)CC(OC(=O)CS(=O)(=O)OCCOC(=O)C(=C)C)C(=O)OCCOC=C. The maximum Gasteiger partial charge on any atom is 0.348 e. The Bertz CT molecular complexity index is 831. The first-order chi connectivity index (χ1) is 16.0. The average Bonchev–Trinajstić information content (AvgIpc) is 2.76. The standard InChI is InChI=1S/C20H28O13S/c1-5-27-7-9-29-17(21)13-16(20(24)31-10-8-28-6-2)33-18(22)14-34(25,26)32-12-11-30-19(23)15(3)4/h5-6,16H,1-3,7-14H2,4H3. The van der Waals surface area contributed by atoms with Crippen LogP contribution in [-0.4, -0.2) is 83.8 Å². The summed E-state index contributed by atoms with van der Waals surface area (Å²) in [5, 5.41) is 0. The van der Waals surface area contributed by atoms with Crippen molar-refractivity contribution >= 4 is 34.0 Å². The highest BCUT2D eigenvalue weighted by Crippen LogP contribution is 2.07. The smallest absolute Gasteiger partial charge is 0.348 e. The van der Waals surface area contributed by atoms with Crippen molar-refractivity contribution < 1.29 is 60.2 Å². The van der Waals surface area contributed by atoms with Crippen LogP contribution in [0.15, 0.2) is 37.8 Å². The van der Waals surface area contributed by atoms with Crippen LogP contribution in [0.2, 0.25) is 0 Å². The summed E-state index contributed by atoms with van der Waals surface area (Å²) >= 11 is 0. The molecule has 0 spiro atoms. The Morgan fingerprint density at radius 2 is 1.38 bits per heavy atom. The second-order valence-electron chi connectivity index (χ2n) is 6.09. The van der Waals surface area contributed by atoms with E-state index in [1.165, 1.54) is 6.92 Å².